The molecule has 4 nitrogen and oxygen atoms in total. The molecule has 21 heavy (non-hydrogen) atoms. The fraction of sp³-hybridized carbons (Fsp3) is 0.412. The molecule has 3 aliphatic rings. The summed E-state index contributed by atoms with van der Waals surface area (Å²) in [4.78, 5) is 16.3. The number of dihydropyridines is 1. The summed E-state index contributed by atoms with van der Waals surface area (Å²) in [5.41, 5.74) is 3.46. The Balaban J connectivity index is 1.73. The Hall–Kier alpha value is -2.10. The second-order valence-electron chi connectivity index (χ2n) is 6.06. The van der Waals surface area contributed by atoms with E-state index in [1.54, 1.807) is 6.21 Å². The van der Waals surface area contributed by atoms with Gasteiger partial charge in [-0.1, -0.05) is 31.2 Å². The van der Waals surface area contributed by atoms with Gasteiger partial charge < -0.3 is 4.74 Å². The van der Waals surface area contributed by atoms with Crippen LogP contribution < -0.4 is 5.32 Å². The van der Waals surface area contributed by atoms with Crippen LogP contribution in [0.1, 0.15) is 23.6 Å². The molecule has 1 saturated heterocycles. The molecule has 4 heteroatoms. The van der Waals surface area contributed by atoms with Crippen LogP contribution in [-0.2, 0) is 24.0 Å². The molecule has 1 spiro atoms. The maximum absolute atomic E-state index is 11.9. The minimum atomic E-state index is -0.476. The van der Waals surface area contributed by atoms with Crippen molar-refractivity contribution in [2.24, 2.45) is 10.9 Å². The zero-order valence-electron chi connectivity index (χ0n) is 12.0. The molecule has 1 aliphatic carbocycles. The van der Waals surface area contributed by atoms with Crippen LogP contribution in [0.25, 0.3) is 0 Å². The second-order valence-corrected chi connectivity index (χ2v) is 6.06. The lowest BCUT2D eigenvalue weighted by molar-refractivity contribution is -0.0481. The first-order valence-electron chi connectivity index (χ1n) is 7.50. The number of nitrogens with zero attached hydrogens (tertiary/aromatic N) is 1. The highest BCUT2D eigenvalue weighted by Gasteiger charge is 2.53. The third-order valence-corrected chi connectivity index (χ3v) is 4.82. The molecule has 0 radical (unpaired) electrons. The number of carbonyl (C=O) groups is 1. The summed E-state index contributed by atoms with van der Waals surface area (Å²) < 4.78 is 5.79. The third-order valence-electron chi connectivity index (χ3n) is 4.82. The fourth-order valence-electron chi connectivity index (χ4n) is 3.75. The Morgan fingerprint density at radius 1 is 1.38 bits per heavy atom. The van der Waals surface area contributed by atoms with Gasteiger partial charge in [0.05, 0.1) is 5.92 Å². The van der Waals surface area contributed by atoms with Gasteiger partial charge in [0, 0.05) is 19.1 Å². The Kier molecular flexibility index (Phi) is 2.67. The number of fused-ring (bicyclic) bond motifs is 3. The van der Waals surface area contributed by atoms with E-state index in [1.165, 1.54) is 16.7 Å². The van der Waals surface area contributed by atoms with Crippen LogP contribution in [0, 0.1) is 5.92 Å². The molecule has 4 rings (SSSR count). The summed E-state index contributed by atoms with van der Waals surface area (Å²) in [5, 5.41) is 2.81. The minimum absolute atomic E-state index is 0.0951. The lowest BCUT2D eigenvalue weighted by Gasteiger charge is -2.43. The molecule has 1 aromatic carbocycles. The number of hydrogen-bond donors (Lipinski definition) is 1. The second kappa shape index (κ2) is 4.45. The molecule has 0 saturated carbocycles. The number of rotatable bonds is 1. The maximum atomic E-state index is 11.9. The number of carbonyl (C=O) groups excluding carboxylic acids is 1. The minimum Gasteiger partial charge on any atom is -0.441 e. The number of nitrogens with one attached hydrogen (secondary N) is 1. The quantitative estimate of drug-likeness (QED) is 0.860. The maximum Gasteiger partial charge on any atom is 0.409 e. The standard InChI is InChI=1S/C17H18N2O2/c1-2-11-5-6-12-9-17(10-13(12)8-11)14-4-3-7-18-15(14)19-16(20)21-17/h3-8,14-15H,2,9-10H2,1H3,(H,19,20). The van der Waals surface area contributed by atoms with Crippen molar-refractivity contribution >= 4 is 12.3 Å². The van der Waals surface area contributed by atoms with Crippen molar-refractivity contribution in [1.82, 2.24) is 5.32 Å². The van der Waals surface area contributed by atoms with Crippen LogP contribution in [-0.4, -0.2) is 24.1 Å². The molecule has 1 fully saturated rings. The van der Waals surface area contributed by atoms with Gasteiger partial charge in [0.2, 0.25) is 0 Å². The zero-order chi connectivity index (χ0) is 14.4. The van der Waals surface area contributed by atoms with E-state index in [4.69, 9.17) is 4.74 Å². The van der Waals surface area contributed by atoms with Gasteiger partial charge in [-0.15, -0.1) is 0 Å². The van der Waals surface area contributed by atoms with Crippen molar-refractivity contribution in [3.8, 4) is 0 Å². The molecule has 0 bridgehead atoms. The monoisotopic (exact) mass is 282 g/mol. The average Bonchev–Trinajstić information content (AvgIpc) is 2.84. The molecular weight excluding hydrogens is 264 g/mol. The number of benzene rings is 1. The van der Waals surface area contributed by atoms with Crippen molar-refractivity contribution in [2.45, 2.75) is 38.0 Å². The van der Waals surface area contributed by atoms with Crippen LogP contribution in [0.2, 0.25) is 0 Å². The first-order chi connectivity index (χ1) is 10.2. The summed E-state index contributed by atoms with van der Waals surface area (Å²) >= 11 is 0. The fourth-order valence-corrected chi connectivity index (χ4v) is 3.75. The Morgan fingerprint density at radius 3 is 3.10 bits per heavy atom. The summed E-state index contributed by atoms with van der Waals surface area (Å²) in [6, 6.07) is 6.61. The Morgan fingerprint density at radius 2 is 2.24 bits per heavy atom. The highest BCUT2D eigenvalue weighted by Crippen LogP contribution is 2.43. The molecule has 2 heterocycles. The highest BCUT2D eigenvalue weighted by atomic mass is 16.6. The van der Waals surface area contributed by atoms with Gasteiger partial charge >= 0.3 is 6.09 Å². The average molecular weight is 282 g/mol. The van der Waals surface area contributed by atoms with Crippen molar-refractivity contribution in [3.63, 3.8) is 0 Å². The van der Waals surface area contributed by atoms with E-state index < -0.39 is 5.60 Å². The van der Waals surface area contributed by atoms with Crippen LogP contribution in [0.5, 0.6) is 0 Å². The van der Waals surface area contributed by atoms with Crippen molar-refractivity contribution in [2.75, 3.05) is 0 Å². The summed E-state index contributed by atoms with van der Waals surface area (Å²) in [7, 11) is 0. The smallest absolute Gasteiger partial charge is 0.409 e. The highest BCUT2D eigenvalue weighted by molar-refractivity contribution is 5.75. The third kappa shape index (κ3) is 1.89. The van der Waals surface area contributed by atoms with Gasteiger partial charge in [-0.05, 0) is 29.2 Å². The van der Waals surface area contributed by atoms with E-state index in [2.05, 4.69) is 41.5 Å². The number of hydrogen-bond acceptors (Lipinski definition) is 3. The van der Waals surface area contributed by atoms with E-state index in [1.807, 2.05) is 6.08 Å². The van der Waals surface area contributed by atoms with Gasteiger partial charge in [-0.25, -0.2) is 4.79 Å². The summed E-state index contributed by atoms with van der Waals surface area (Å²) in [5.74, 6) is 0.0951. The number of alkyl carbamates (subject to hydrolysis) is 1. The van der Waals surface area contributed by atoms with Gasteiger partial charge in [0.1, 0.15) is 11.8 Å². The number of ether oxygens (including phenoxy) is 1. The van der Waals surface area contributed by atoms with Crippen LogP contribution in [0.4, 0.5) is 4.79 Å². The number of amides is 1. The predicted molar refractivity (Wildman–Crippen MR) is 80.5 cm³/mol. The van der Waals surface area contributed by atoms with E-state index in [9.17, 15) is 4.79 Å². The molecule has 0 aromatic heterocycles. The predicted octanol–water partition coefficient (Wildman–Crippen LogP) is 2.41. The molecule has 3 atom stereocenters. The van der Waals surface area contributed by atoms with Crippen molar-refractivity contribution in [1.29, 1.82) is 0 Å². The molecule has 3 unspecified atom stereocenters. The van der Waals surface area contributed by atoms with Crippen molar-refractivity contribution in [3.05, 3.63) is 47.0 Å². The van der Waals surface area contributed by atoms with Crippen molar-refractivity contribution < 1.29 is 9.53 Å². The summed E-state index contributed by atoms with van der Waals surface area (Å²) in [6.45, 7) is 2.16. The Labute approximate surface area is 123 Å². The molecule has 2 aliphatic heterocycles. The van der Waals surface area contributed by atoms with Crippen LogP contribution >= 0.6 is 0 Å². The SMILES string of the molecule is CCc1ccc2c(c1)CC1(C2)OC(=O)NC2N=CC=CC21. The lowest BCUT2D eigenvalue weighted by atomic mass is 9.80. The van der Waals surface area contributed by atoms with E-state index in [0.29, 0.717) is 0 Å². The molecule has 1 amide bonds. The topological polar surface area (TPSA) is 50.7 Å². The largest absolute Gasteiger partial charge is 0.441 e. The Bertz CT molecular complexity index is 665. The molecule has 108 valence electrons. The number of aliphatic imine (C=N–C) groups is 1. The first-order valence-corrected chi connectivity index (χ1v) is 7.50. The summed E-state index contributed by atoms with van der Waals surface area (Å²) in [6.07, 6.45) is 7.85. The van der Waals surface area contributed by atoms with E-state index in [0.717, 1.165) is 19.3 Å². The van der Waals surface area contributed by atoms with E-state index >= 15 is 0 Å². The van der Waals surface area contributed by atoms with Gasteiger partial charge in [0.15, 0.2) is 0 Å². The molecular formula is C17H18N2O2. The lowest BCUT2D eigenvalue weighted by Crippen LogP contribution is -2.59. The zero-order valence-corrected chi connectivity index (χ0v) is 12.0. The van der Waals surface area contributed by atoms with Crippen LogP contribution in [0.3, 0.4) is 0 Å². The number of aryl methyl sites for hydroxylation is 1. The molecule has 1 N–H and O–H groups in total. The van der Waals surface area contributed by atoms with Gasteiger partial charge in [0.25, 0.3) is 0 Å². The van der Waals surface area contributed by atoms with Gasteiger partial charge in [-0.2, -0.15) is 0 Å². The first kappa shape index (κ1) is 12.6. The number of allylic oxidation sites excluding steroid dienone is 1. The van der Waals surface area contributed by atoms with Gasteiger partial charge in [-0.3, -0.25) is 10.3 Å². The molecule has 1 aromatic rings. The van der Waals surface area contributed by atoms with E-state index in [-0.39, 0.29) is 18.2 Å². The van der Waals surface area contributed by atoms with Crippen LogP contribution in [0.15, 0.2) is 35.3 Å². The normalized spacial score (nSPS) is 32.5.